The number of nitrogens with one attached hydrogen (secondary N) is 1. The number of aliphatic carboxylic acids is 1. The van der Waals surface area contributed by atoms with Crippen molar-refractivity contribution < 1.29 is 28.9 Å². The van der Waals surface area contributed by atoms with E-state index in [2.05, 4.69) is 15.5 Å². The van der Waals surface area contributed by atoms with E-state index in [0.717, 1.165) is 11.3 Å². The zero-order valence-corrected chi connectivity index (χ0v) is 20.1. The number of β-lactam (4-membered cyclic amide) rings is 1. The maximum absolute atomic E-state index is 13.0. The minimum Gasteiger partial charge on any atom is -0.477 e. The number of carbonyl (C=O) groups excluding carboxylic acids is 2. The van der Waals surface area contributed by atoms with Gasteiger partial charge in [-0.1, -0.05) is 11.2 Å². The van der Waals surface area contributed by atoms with Crippen LogP contribution in [0.15, 0.2) is 52.4 Å². The number of thiazole rings is 1. The van der Waals surface area contributed by atoms with E-state index in [1.807, 2.05) is 35.2 Å². The second-order valence-corrected chi connectivity index (χ2v) is 9.65. The number of hydrogen-bond acceptors (Lipinski definition) is 10. The predicted octanol–water partition coefficient (Wildman–Crippen LogP) is -0.479. The number of nitrogens with zero attached hydrogens (tertiary/aromatic N) is 4. The van der Waals surface area contributed by atoms with Gasteiger partial charge in [0.2, 0.25) is 0 Å². The Morgan fingerprint density at radius 1 is 1.34 bits per heavy atom. The average Bonchev–Trinajstić information content (AvgIpc) is 3.28. The fraction of sp³-hybridized carbons (Fsp3) is 0.333. The van der Waals surface area contributed by atoms with Crippen molar-refractivity contribution in [2.24, 2.45) is 10.9 Å². The summed E-state index contributed by atoms with van der Waals surface area (Å²) in [7, 11) is 0. The van der Waals surface area contributed by atoms with E-state index in [9.17, 15) is 19.5 Å². The summed E-state index contributed by atoms with van der Waals surface area (Å²) in [5.74, 6) is -1.97. The first kappa shape index (κ1) is 24.6. The largest absolute Gasteiger partial charge is 0.477 e. The first-order chi connectivity index (χ1) is 16.9. The lowest BCUT2D eigenvalue weighted by molar-refractivity contribution is -0.689. The van der Waals surface area contributed by atoms with Crippen LogP contribution in [0.2, 0.25) is 0 Å². The zero-order valence-electron chi connectivity index (χ0n) is 18.5. The molecule has 0 unspecified atom stereocenters. The standard InChI is InChI=1S/C21H23N7O5S2/c22-5-4-8-33-26-14(13-11-35-21(23)24-13)17(29)25-15-18(30)28-16(20(31)32)12(10-34-19(15)28)9-27-6-2-1-3-7-27/h1-3,6-7,11,15,19H,4-5,8-10,22H2,(H3-,23,24,25,29,31,32)/p+1/b26-14-/t15-,19-/m1/s1. The van der Waals surface area contributed by atoms with Crippen molar-refractivity contribution in [3.8, 4) is 0 Å². The molecule has 0 aliphatic carbocycles. The van der Waals surface area contributed by atoms with Crippen molar-refractivity contribution in [1.29, 1.82) is 0 Å². The average molecular weight is 519 g/mol. The number of carbonyl (C=O) groups is 3. The van der Waals surface area contributed by atoms with Crippen LogP contribution in [0.3, 0.4) is 0 Å². The first-order valence-corrected chi connectivity index (χ1v) is 12.6. The van der Waals surface area contributed by atoms with Crippen LogP contribution in [-0.2, 0) is 25.8 Å². The van der Waals surface area contributed by atoms with E-state index in [1.165, 1.54) is 16.7 Å². The van der Waals surface area contributed by atoms with Gasteiger partial charge in [-0.2, -0.15) is 0 Å². The molecule has 2 aliphatic heterocycles. The normalized spacial score (nSPS) is 19.7. The van der Waals surface area contributed by atoms with E-state index >= 15 is 0 Å². The number of anilines is 1. The summed E-state index contributed by atoms with van der Waals surface area (Å²) in [6.45, 7) is 0.942. The number of pyridine rings is 1. The molecule has 35 heavy (non-hydrogen) atoms. The summed E-state index contributed by atoms with van der Waals surface area (Å²) in [4.78, 5) is 48.6. The zero-order chi connectivity index (χ0) is 24.9. The molecule has 2 aromatic heterocycles. The van der Waals surface area contributed by atoms with E-state index in [4.69, 9.17) is 16.3 Å². The first-order valence-electron chi connectivity index (χ1n) is 10.7. The number of carboxylic acids is 1. The Morgan fingerprint density at radius 3 is 2.77 bits per heavy atom. The molecule has 184 valence electrons. The molecule has 0 spiro atoms. The number of oxime groups is 1. The number of aromatic nitrogens is 2. The van der Waals surface area contributed by atoms with Crippen molar-refractivity contribution >= 4 is 51.7 Å². The van der Waals surface area contributed by atoms with Crippen LogP contribution in [0.4, 0.5) is 5.13 Å². The topological polar surface area (TPSA) is 177 Å². The van der Waals surface area contributed by atoms with Gasteiger partial charge < -0.3 is 26.7 Å². The molecule has 6 N–H and O–H groups in total. The Morgan fingerprint density at radius 2 is 2.11 bits per heavy atom. The molecule has 14 heteroatoms. The fourth-order valence-electron chi connectivity index (χ4n) is 3.63. The Kier molecular flexibility index (Phi) is 7.63. The van der Waals surface area contributed by atoms with E-state index in [0.29, 0.717) is 30.8 Å². The molecular formula is C21H24N7O5S2+. The lowest BCUT2D eigenvalue weighted by Crippen LogP contribution is -2.71. The number of rotatable bonds is 10. The molecular weight excluding hydrogens is 494 g/mol. The number of nitrogen functional groups attached to an aromatic ring is 1. The highest BCUT2D eigenvalue weighted by atomic mass is 32.2. The van der Waals surface area contributed by atoms with Crippen LogP contribution in [0, 0.1) is 0 Å². The molecule has 12 nitrogen and oxygen atoms in total. The second-order valence-electron chi connectivity index (χ2n) is 7.65. The molecule has 0 aromatic carbocycles. The third-order valence-corrected chi connectivity index (χ3v) is 7.28. The van der Waals surface area contributed by atoms with Gasteiger partial charge >= 0.3 is 5.97 Å². The third-order valence-electron chi connectivity index (χ3n) is 5.26. The van der Waals surface area contributed by atoms with Crippen LogP contribution in [-0.4, -0.2) is 68.8 Å². The van der Waals surface area contributed by atoms with Crippen LogP contribution < -0.4 is 21.4 Å². The fourth-order valence-corrected chi connectivity index (χ4v) is 5.52. The Hall–Kier alpha value is -3.49. The SMILES string of the molecule is NCCCO/N=C(\C(=O)N[C@@H]1C(=O)N2C(C(=O)O)=C(C[n+]3ccccc3)CS[C@H]12)c1csc(N)n1. The lowest BCUT2D eigenvalue weighted by atomic mass is 10.0. The Labute approximate surface area is 208 Å². The van der Waals surface area contributed by atoms with Crippen LogP contribution in [0.1, 0.15) is 12.1 Å². The van der Waals surface area contributed by atoms with Gasteiger partial charge in [0.05, 0.1) is 0 Å². The summed E-state index contributed by atoms with van der Waals surface area (Å²) in [6.07, 6.45) is 4.19. The Bertz CT molecular complexity index is 1180. The minimum absolute atomic E-state index is 0.0492. The summed E-state index contributed by atoms with van der Waals surface area (Å²) < 4.78 is 1.84. The number of carboxylic acid groups (broad SMARTS) is 1. The maximum atomic E-state index is 13.0. The molecule has 4 heterocycles. The molecule has 2 atom stereocenters. The van der Waals surface area contributed by atoms with Gasteiger partial charge in [-0.25, -0.2) is 14.3 Å². The van der Waals surface area contributed by atoms with Crippen molar-refractivity contribution in [2.75, 3.05) is 24.6 Å². The molecule has 1 fully saturated rings. The van der Waals surface area contributed by atoms with Gasteiger partial charge in [0.15, 0.2) is 29.8 Å². The molecule has 0 bridgehead atoms. The monoisotopic (exact) mass is 518 g/mol. The number of hydrogen-bond donors (Lipinski definition) is 4. The maximum Gasteiger partial charge on any atom is 0.352 e. The number of nitrogens with two attached hydrogens (primary N) is 2. The van der Waals surface area contributed by atoms with Gasteiger partial charge in [-0.3, -0.25) is 14.5 Å². The molecule has 0 radical (unpaired) electrons. The van der Waals surface area contributed by atoms with Crippen molar-refractivity contribution in [3.63, 3.8) is 0 Å². The van der Waals surface area contributed by atoms with Gasteiger partial charge in [0.1, 0.15) is 29.4 Å². The van der Waals surface area contributed by atoms with E-state index < -0.39 is 29.2 Å². The number of amides is 2. The summed E-state index contributed by atoms with van der Waals surface area (Å²) in [5, 5.41) is 17.6. The van der Waals surface area contributed by atoms with Gasteiger partial charge in [-0.05, 0) is 13.0 Å². The molecule has 2 amide bonds. The van der Waals surface area contributed by atoms with Crippen LogP contribution >= 0.6 is 23.1 Å². The highest BCUT2D eigenvalue weighted by Crippen LogP contribution is 2.40. The van der Waals surface area contributed by atoms with Crippen molar-refractivity contribution in [2.45, 2.75) is 24.4 Å². The van der Waals surface area contributed by atoms with Gasteiger partial charge in [-0.15, -0.1) is 23.1 Å². The van der Waals surface area contributed by atoms with Crippen molar-refractivity contribution in [3.05, 3.63) is 52.9 Å². The van der Waals surface area contributed by atoms with Gasteiger partial charge in [0, 0.05) is 28.8 Å². The second kappa shape index (κ2) is 10.8. The molecule has 4 rings (SSSR count). The molecule has 1 saturated heterocycles. The summed E-state index contributed by atoms with van der Waals surface area (Å²) in [6, 6.07) is 4.63. The highest BCUT2D eigenvalue weighted by Gasteiger charge is 2.54. The Balaban J connectivity index is 1.51. The van der Waals surface area contributed by atoms with Crippen molar-refractivity contribution in [1.82, 2.24) is 15.2 Å². The highest BCUT2D eigenvalue weighted by molar-refractivity contribution is 8.00. The minimum atomic E-state index is -1.19. The molecule has 2 aliphatic rings. The van der Waals surface area contributed by atoms with E-state index in [-0.39, 0.29) is 28.8 Å². The van der Waals surface area contributed by atoms with Crippen LogP contribution in [0.5, 0.6) is 0 Å². The van der Waals surface area contributed by atoms with Gasteiger partial charge in [0.25, 0.3) is 11.8 Å². The number of thioether (sulfide) groups is 1. The lowest BCUT2D eigenvalue weighted by Gasteiger charge is -2.49. The molecule has 2 aromatic rings. The number of fused-ring (bicyclic) bond motifs is 1. The van der Waals surface area contributed by atoms with E-state index in [1.54, 1.807) is 5.38 Å². The summed E-state index contributed by atoms with van der Waals surface area (Å²) in [5.41, 5.74) is 11.8. The third kappa shape index (κ3) is 5.28. The summed E-state index contributed by atoms with van der Waals surface area (Å²) >= 11 is 2.52. The molecule has 0 saturated carbocycles. The smallest absolute Gasteiger partial charge is 0.352 e. The van der Waals surface area contributed by atoms with Crippen LogP contribution in [0.25, 0.3) is 0 Å². The predicted molar refractivity (Wildman–Crippen MR) is 129 cm³/mol. The quantitative estimate of drug-likeness (QED) is 0.106.